The number of ether oxygens (including phenoxy) is 1. The maximum absolute atomic E-state index is 10.5. The standard InChI is InChI=1S/C6H12O4/c1-3-10-5(7)4-6(2,8)9/h8-9H,3-4H2,1-2H3. The maximum atomic E-state index is 10.5. The minimum absolute atomic E-state index is 0.259. The van der Waals surface area contributed by atoms with E-state index in [4.69, 9.17) is 10.2 Å². The van der Waals surface area contributed by atoms with Crippen LogP contribution in [0, 0.1) is 0 Å². The first kappa shape index (κ1) is 9.39. The summed E-state index contributed by atoms with van der Waals surface area (Å²) in [6, 6.07) is 0. The lowest BCUT2D eigenvalue weighted by Gasteiger charge is -2.13. The molecule has 0 aliphatic rings. The molecule has 0 amide bonds. The summed E-state index contributed by atoms with van der Waals surface area (Å²) in [4.78, 5) is 10.5. The molecule has 0 aromatic carbocycles. The highest BCUT2D eigenvalue weighted by Crippen LogP contribution is 2.04. The van der Waals surface area contributed by atoms with E-state index in [2.05, 4.69) is 4.74 Å². The van der Waals surface area contributed by atoms with E-state index in [0.29, 0.717) is 0 Å². The summed E-state index contributed by atoms with van der Waals surface area (Å²) < 4.78 is 4.46. The number of carbonyl (C=O) groups is 1. The molecule has 0 saturated heterocycles. The van der Waals surface area contributed by atoms with Gasteiger partial charge in [0.25, 0.3) is 0 Å². The second kappa shape index (κ2) is 3.53. The lowest BCUT2D eigenvalue weighted by Crippen LogP contribution is -2.27. The largest absolute Gasteiger partial charge is 0.466 e. The van der Waals surface area contributed by atoms with Crippen molar-refractivity contribution in [2.75, 3.05) is 6.61 Å². The van der Waals surface area contributed by atoms with Crippen molar-refractivity contribution in [3.8, 4) is 0 Å². The van der Waals surface area contributed by atoms with E-state index in [-0.39, 0.29) is 13.0 Å². The molecule has 0 heterocycles. The molecule has 0 aromatic heterocycles. The van der Waals surface area contributed by atoms with Crippen molar-refractivity contribution in [3.63, 3.8) is 0 Å². The Labute approximate surface area is 59.4 Å². The van der Waals surface area contributed by atoms with Crippen LogP contribution in [0.5, 0.6) is 0 Å². The zero-order chi connectivity index (χ0) is 8.20. The first-order valence-electron chi connectivity index (χ1n) is 3.06. The van der Waals surface area contributed by atoms with Crippen molar-refractivity contribution in [2.24, 2.45) is 0 Å². The fraction of sp³-hybridized carbons (Fsp3) is 0.833. The third kappa shape index (κ3) is 5.53. The van der Waals surface area contributed by atoms with Crippen LogP contribution >= 0.6 is 0 Å². The molecule has 0 saturated carbocycles. The van der Waals surface area contributed by atoms with Gasteiger partial charge in [0, 0.05) is 0 Å². The van der Waals surface area contributed by atoms with Crippen LogP contribution in [0.2, 0.25) is 0 Å². The number of hydrogen-bond donors (Lipinski definition) is 2. The molecule has 4 nitrogen and oxygen atoms in total. The summed E-state index contributed by atoms with van der Waals surface area (Å²) in [5, 5.41) is 17.3. The molecule has 0 atom stereocenters. The fourth-order valence-corrected chi connectivity index (χ4v) is 0.485. The van der Waals surface area contributed by atoms with Gasteiger partial charge >= 0.3 is 5.97 Å². The van der Waals surface area contributed by atoms with Crippen molar-refractivity contribution in [3.05, 3.63) is 0 Å². The highest BCUT2D eigenvalue weighted by molar-refractivity contribution is 5.70. The molecule has 0 aliphatic carbocycles. The molecule has 0 unspecified atom stereocenters. The monoisotopic (exact) mass is 148 g/mol. The first-order valence-corrected chi connectivity index (χ1v) is 3.06. The van der Waals surface area contributed by atoms with Gasteiger partial charge in [-0.15, -0.1) is 0 Å². The van der Waals surface area contributed by atoms with Gasteiger partial charge in [-0.2, -0.15) is 0 Å². The Morgan fingerprint density at radius 3 is 2.40 bits per heavy atom. The van der Waals surface area contributed by atoms with E-state index in [1.54, 1.807) is 6.92 Å². The fourth-order valence-electron chi connectivity index (χ4n) is 0.485. The number of esters is 1. The Hall–Kier alpha value is -0.610. The Morgan fingerprint density at radius 1 is 1.60 bits per heavy atom. The topological polar surface area (TPSA) is 66.8 Å². The summed E-state index contributed by atoms with van der Waals surface area (Å²) in [6.07, 6.45) is -0.388. The average molecular weight is 148 g/mol. The van der Waals surface area contributed by atoms with Gasteiger partial charge in [-0.05, 0) is 13.8 Å². The van der Waals surface area contributed by atoms with Crippen LogP contribution in [0.15, 0.2) is 0 Å². The van der Waals surface area contributed by atoms with E-state index in [1.165, 1.54) is 0 Å². The summed E-state index contributed by atoms with van der Waals surface area (Å²) in [5.41, 5.74) is 0. The smallest absolute Gasteiger partial charge is 0.311 e. The molecule has 4 heteroatoms. The molecule has 0 aliphatic heterocycles. The van der Waals surface area contributed by atoms with Crippen LogP contribution in [0.25, 0.3) is 0 Å². The van der Waals surface area contributed by atoms with Crippen molar-refractivity contribution in [2.45, 2.75) is 26.1 Å². The van der Waals surface area contributed by atoms with Crippen LogP contribution in [-0.4, -0.2) is 28.6 Å². The summed E-state index contributed by atoms with van der Waals surface area (Å²) in [7, 11) is 0. The molecule has 2 N–H and O–H groups in total. The molecule has 0 radical (unpaired) electrons. The van der Waals surface area contributed by atoms with E-state index in [9.17, 15) is 4.79 Å². The van der Waals surface area contributed by atoms with Gasteiger partial charge in [0.2, 0.25) is 0 Å². The summed E-state index contributed by atoms with van der Waals surface area (Å²) in [5.74, 6) is -2.55. The van der Waals surface area contributed by atoms with Crippen molar-refractivity contribution in [1.82, 2.24) is 0 Å². The Bertz CT molecular complexity index is 113. The van der Waals surface area contributed by atoms with Gasteiger partial charge in [-0.1, -0.05) is 0 Å². The number of hydrogen-bond acceptors (Lipinski definition) is 4. The zero-order valence-electron chi connectivity index (χ0n) is 6.13. The minimum Gasteiger partial charge on any atom is -0.466 e. The van der Waals surface area contributed by atoms with Crippen molar-refractivity contribution >= 4 is 5.97 Å². The Balaban J connectivity index is 3.58. The van der Waals surface area contributed by atoms with Gasteiger partial charge in [-0.3, -0.25) is 4.79 Å². The highest BCUT2D eigenvalue weighted by atomic mass is 16.5. The number of carbonyl (C=O) groups excluding carboxylic acids is 1. The van der Waals surface area contributed by atoms with Crippen LogP contribution in [-0.2, 0) is 9.53 Å². The van der Waals surface area contributed by atoms with E-state index >= 15 is 0 Å². The number of rotatable bonds is 3. The van der Waals surface area contributed by atoms with Crippen molar-refractivity contribution < 1.29 is 19.7 Å². The molecular weight excluding hydrogens is 136 g/mol. The minimum atomic E-state index is -1.95. The van der Waals surface area contributed by atoms with E-state index in [0.717, 1.165) is 6.92 Å². The Morgan fingerprint density at radius 2 is 2.10 bits per heavy atom. The highest BCUT2D eigenvalue weighted by Gasteiger charge is 2.20. The molecule has 0 aromatic rings. The molecule has 0 bridgehead atoms. The quantitative estimate of drug-likeness (QED) is 0.423. The lowest BCUT2D eigenvalue weighted by atomic mass is 10.2. The van der Waals surface area contributed by atoms with Crippen molar-refractivity contribution in [1.29, 1.82) is 0 Å². The van der Waals surface area contributed by atoms with E-state index < -0.39 is 11.8 Å². The normalized spacial score (nSPS) is 11.2. The molecule has 0 fully saturated rings. The third-order valence-electron chi connectivity index (χ3n) is 0.785. The lowest BCUT2D eigenvalue weighted by molar-refractivity contribution is -0.175. The predicted octanol–water partition coefficient (Wildman–Crippen LogP) is -0.360. The molecule has 0 spiro atoms. The Kier molecular flexibility index (Phi) is 3.32. The third-order valence-corrected chi connectivity index (χ3v) is 0.785. The van der Waals surface area contributed by atoms with Gasteiger partial charge in [0.05, 0.1) is 13.0 Å². The molecule has 0 rings (SSSR count). The SMILES string of the molecule is CCOC(=O)CC(C)(O)O. The van der Waals surface area contributed by atoms with Gasteiger partial charge < -0.3 is 14.9 Å². The molecule has 10 heavy (non-hydrogen) atoms. The summed E-state index contributed by atoms with van der Waals surface area (Å²) in [6.45, 7) is 3.04. The second-order valence-corrected chi connectivity index (χ2v) is 2.20. The average Bonchev–Trinajstić information content (AvgIpc) is 1.59. The molecular formula is C6H12O4. The van der Waals surface area contributed by atoms with Crippen LogP contribution in [0.4, 0.5) is 0 Å². The number of aliphatic hydroxyl groups is 2. The van der Waals surface area contributed by atoms with E-state index in [1.807, 2.05) is 0 Å². The zero-order valence-corrected chi connectivity index (χ0v) is 6.13. The second-order valence-electron chi connectivity index (χ2n) is 2.20. The van der Waals surface area contributed by atoms with Crippen LogP contribution in [0.3, 0.4) is 0 Å². The first-order chi connectivity index (χ1) is 4.45. The maximum Gasteiger partial charge on any atom is 0.311 e. The molecule has 60 valence electrons. The van der Waals surface area contributed by atoms with Crippen LogP contribution in [0.1, 0.15) is 20.3 Å². The van der Waals surface area contributed by atoms with Gasteiger partial charge in [0.15, 0.2) is 5.79 Å². The summed E-state index contributed by atoms with van der Waals surface area (Å²) >= 11 is 0. The van der Waals surface area contributed by atoms with Crippen LogP contribution < -0.4 is 0 Å². The van der Waals surface area contributed by atoms with Gasteiger partial charge in [0.1, 0.15) is 0 Å². The predicted molar refractivity (Wildman–Crippen MR) is 34.1 cm³/mol. The van der Waals surface area contributed by atoms with Gasteiger partial charge in [-0.25, -0.2) is 0 Å².